The second-order valence-electron chi connectivity index (χ2n) is 3.22. The fourth-order valence-electron chi connectivity index (χ4n) is 1.47. The molecular formula is C11H12BrNO. The molecule has 0 N–H and O–H groups in total. The van der Waals surface area contributed by atoms with Crippen molar-refractivity contribution in [3.05, 3.63) is 34.3 Å². The van der Waals surface area contributed by atoms with Gasteiger partial charge >= 0.3 is 0 Å². The highest BCUT2D eigenvalue weighted by molar-refractivity contribution is 9.10. The maximum atomic E-state index is 5.35. The van der Waals surface area contributed by atoms with Crippen molar-refractivity contribution in [2.24, 2.45) is 4.99 Å². The molecule has 0 aromatic heterocycles. The van der Waals surface area contributed by atoms with Crippen LogP contribution in [0.25, 0.3) is 0 Å². The number of halogens is 1. The van der Waals surface area contributed by atoms with Gasteiger partial charge in [-0.2, -0.15) is 0 Å². The van der Waals surface area contributed by atoms with E-state index >= 15 is 0 Å². The summed E-state index contributed by atoms with van der Waals surface area (Å²) in [4.78, 5) is 4.26. The minimum absolute atomic E-state index is 0.755. The Hall–Kier alpha value is -0.830. The van der Waals surface area contributed by atoms with Crippen LogP contribution in [0.5, 0.6) is 0 Å². The van der Waals surface area contributed by atoms with E-state index in [1.54, 1.807) is 0 Å². The summed E-state index contributed by atoms with van der Waals surface area (Å²) in [6.45, 7) is 1.58. The highest BCUT2D eigenvalue weighted by Gasteiger charge is 2.07. The fourth-order valence-corrected chi connectivity index (χ4v) is 1.96. The van der Waals surface area contributed by atoms with Crippen LogP contribution in [0.4, 0.5) is 0 Å². The Bertz CT molecular complexity index is 349. The lowest BCUT2D eigenvalue weighted by Gasteiger charge is -2.03. The number of benzene rings is 1. The van der Waals surface area contributed by atoms with Crippen LogP contribution in [0, 0.1) is 0 Å². The first-order chi connectivity index (χ1) is 6.86. The lowest BCUT2D eigenvalue weighted by Crippen LogP contribution is -2.01. The van der Waals surface area contributed by atoms with Crippen LogP contribution < -0.4 is 0 Å². The van der Waals surface area contributed by atoms with E-state index in [-0.39, 0.29) is 0 Å². The average Bonchev–Trinajstić information content (AvgIpc) is 2.69. The molecule has 0 saturated heterocycles. The average molecular weight is 254 g/mol. The SMILES string of the molecule is Brc1ccccc1CCC1=NCCO1. The van der Waals surface area contributed by atoms with E-state index in [9.17, 15) is 0 Å². The molecule has 0 atom stereocenters. The zero-order chi connectivity index (χ0) is 9.80. The van der Waals surface area contributed by atoms with E-state index in [1.807, 2.05) is 6.07 Å². The van der Waals surface area contributed by atoms with Gasteiger partial charge in [0.05, 0.1) is 6.54 Å². The smallest absolute Gasteiger partial charge is 0.183 e. The summed E-state index contributed by atoms with van der Waals surface area (Å²) in [5.74, 6) is 0.903. The first-order valence-corrected chi connectivity index (χ1v) is 5.55. The molecule has 0 radical (unpaired) electrons. The first-order valence-electron chi connectivity index (χ1n) is 4.76. The number of aryl methyl sites for hydroxylation is 1. The van der Waals surface area contributed by atoms with Crippen LogP contribution in [0.15, 0.2) is 33.7 Å². The predicted octanol–water partition coefficient (Wildman–Crippen LogP) is 2.81. The van der Waals surface area contributed by atoms with Gasteiger partial charge in [0.1, 0.15) is 6.61 Å². The summed E-state index contributed by atoms with van der Waals surface area (Å²) in [5, 5.41) is 0. The molecule has 1 aromatic carbocycles. The van der Waals surface area contributed by atoms with Crippen molar-refractivity contribution in [1.29, 1.82) is 0 Å². The van der Waals surface area contributed by atoms with Crippen LogP contribution in [0.1, 0.15) is 12.0 Å². The molecule has 0 aliphatic carbocycles. The normalized spacial score (nSPS) is 15.1. The van der Waals surface area contributed by atoms with Gasteiger partial charge in [-0.1, -0.05) is 34.1 Å². The molecule has 0 fully saturated rings. The first kappa shape index (κ1) is 9.71. The van der Waals surface area contributed by atoms with Crippen LogP contribution in [-0.4, -0.2) is 19.0 Å². The van der Waals surface area contributed by atoms with Crippen molar-refractivity contribution in [2.75, 3.05) is 13.2 Å². The third kappa shape index (κ3) is 2.35. The Balaban J connectivity index is 1.94. The van der Waals surface area contributed by atoms with Crippen molar-refractivity contribution in [3.8, 4) is 0 Å². The van der Waals surface area contributed by atoms with Gasteiger partial charge in [0.25, 0.3) is 0 Å². The van der Waals surface area contributed by atoms with Gasteiger partial charge in [0.15, 0.2) is 5.90 Å². The molecule has 0 bridgehead atoms. The molecule has 1 aliphatic heterocycles. The molecular weight excluding hydrogens is 242 g/mol. The topological polar surface area (TPSA) is 21.6 Å². The molecule has 0 amide bonds. The monoisotopic (exact) mass is 253 g/mol. The summed E-state index contributed by atoms with van der Waals surface area (Å²) in [7, 11) is 0. The van der Waals surface area contributed by atoms with E-state index in [1.165, 1.54) is 10.0 Å². The van der Waals surface area contributed by atoms with Gasteiger partial charge < -0.3 is 4.74 Å². The van der Waals surface area contributed by atoms with Crippen LogP contribution in [-0.2, 0) is 11.2 Å². The van der Waals surface area contributed by atoms with E-state index < -0.39 is 0 Å². The molecule has 0 unspecified atom stereocenters. The highest BCUT2D eigenvalue weighted by Crippen LogP contribution is 2.18. The van der Waals surface area contributed by atoms with Crippen molar-refractivity contribution in [1.82, 2.24) is 0 Å². The standard InChI is InChI=1S/C11H12BrNO/c12-10-4-2-1-3-9(10)5-6-11-13-7-8-14-11/h1-4H,5-8H2. The largest absolute Gasteiger partial charge is 0.479 e. The molecule has 1 aliphatic rings. The van der Waals surface area contributed by atoms with Gasteiger partial charge in [0.2, 0.25) is 0 Å². The van der Waals surface area contributed by atoms with Gasteiger partial charge in [-0.05, 0) is 18.1 Å². The van der Waals surface area contributed by atoms with Crippen molar-refractivity contribution in [3.63, 3.8) is 0 Å². The van der Waals surface area contributed by atoms with Crippen LogP contribution in [0.3, 0.4) is 0 Å². The number of ether oxygens (including phenoxy) is 1. The maximum Gasteiger partial charge on any atom is 0.183 e. The third-order valence-electron chi connectivity index (χ3n) is 2.21. The molecule has 2 rings (SSSR count). The Morgan fingerprint density at radius 1 is 1.29 bits per heavy atom. The zero-order valence-electron chi connectivity index (χ0n) is 7.87. The predicted molar refractivity (Wildman–Crippen MR) is 60.7 cm³/mol. The minimum atomic E-state index is 0.755. The van der Waals surface area contributed by atoms with Crippen molar-refractivity contribution >= 4 is 21.8 Å². The molecule has 1 heterocycles. The fraction of sp³-hybridized carbons (Fsp3) is 0.364. The lowest BCUT2D eigenvalue weighted by molar-refractivity contribution is 0.338. The Kier molecular flexibility index (Phi) is 3.19. The van der Waals surface area contributed by atoms with Gasteiger partial charge in [-0.25, -0.2) is 0 Å². The molecule has 3 heteroatoms. The van der Waals surface area contributed by atoms with E-state index in [2.05, 4.69) is 39.1 Å². The van der Waals surface area contributed by atoms with Crippen molar-refractivity contribution in [2.45, 2.75) is 12.8 Å². The van der Waals surface area contributed by atoms with Crippen molar-refractivity contribution < 1.29 is 4.74 Å². The van der Waals surface area contributed by atoms with Gasteiger partial charge in [0, 0.05) is 10.9 Å². The number of hydrogen-bond donors (Lipinski definition) is 0. The third-order valence-corrected chi connectivity index (χ3v) is 2.99. The van der Waals surface area contributed by atoms with Gasteiger partial charge in [-0.3, -0.25) is 4.99 Å². The van der Waals surface area contributed by atoms with E-state index in [4.69, 9.17) is 4.74 Å². The molecule has 2 nitrogen and oxygen atoms in total. The highest BCUT2D eigenvalue weighted by atomic mass is 79.9. The zero-order valence-corrected chi connectivity index (χ0v) is 9.46. The summed E-state index contributed by atoms with van der Waals surface area (Å²) in [6.07, 6.45) is 1.89. The Morgan fingerprint density at radius 2 is 2.14 bits per heavy atom. The second kappa shape index (κ2) is 4.60. The molecule has 14 heavy (non-hydrogen) atoms. The minimum Gasteiger partial charge on any atom is -0.479 e. The molecule has 1 aromatic rings. The second-order valence-corrected chi connectivity index (χ2v) is 4.07. The van der Waals surface area contributed by atoms with Crippen LogP contribution in [0.2, 0.25) is 0 Å². The number of aliphatic imine (C=N–C) groups is 1. The quantitative estimate of drug-likeness (QED) is 0.812. The summed E-state index contributed by atoms with van der Waals surface area (Å²) < 4.78 is 6.51. The van der Waals surface area contributed by atoms with Crippen LogP contribution >= 0.6 is 15.9 Å². The van der Waals surface area contributed by atoms with E-state index in [0.29, 0.717) is 0 Å². The Morgan fingerprint density at radius 3 is 2.86 bits per heavy atom. The summed E-state index contributed by atoms with van der Waals surface area (Å²) in [6, 6.07) is 8.26. The summed E-state index contributed by atoms with van der Waals surface area (Å²) >= 11 is 3.53. The molecule has 0 saturated carbocycles. The summed E-state index contributed by atoms with van der Waals surface area (Å²) in [5.41, 5.74) is 1.31. The number of rotatable bonds is 3. The lowest BCUT2D eigenvalue weighted by atomic mass is 10.1. The molecule has 0 spiro atoms. The van der Waals surface area contributed by atoms with Gasteiger partial charge in [-0.15, -0.1) is 0 Å². The van der Waals surface area contributed by atoms with E-state index in [0.717, 1.165) is 31.9 Å². The number of hydrogen-bond acceptors (Lipinski definition) is 2. The Labute approximate surface area is 92.1 Å². The maximum absolute atomic E-state index is 5.35. The number of nitrogens with zero attached hydrogens (tertiary/aromatic N) is 1. The molecule has 74 valence electrons.